The summed E-state index contributed by atoms with van der Waals surface area (Å²) in [5, 5.41) is 3.14. The van der Waals surface area contributed by atoms with E-state index in [0.29, 0.717) is 12.1 Å². The highest BCUT2D eigenvalue weighted by atomic mass is 32.1. The first-order chi connectivity index (χ1) is 9.60. The fourth-order valence-corrected chi connectivity index (χ4v) is 2.68. The lowest BCUT2D eigenvalue weighted by molar-refractivity contribution is 0.0598. The molecule has 0 spiro atoms. The van der Waals surface area contributed by atoms with Gasteiger partial charge >= 0.3 is 5.97 Å². The van der Waals surface area contributed by atoms with Crippen LogP contribution >= 0.6 is 11.3 Å². The van der Waals surface area contributed by atoms with Gasteiger partial charge in [-0.2, -0.15) is 0 Å². The summed E-state index contributed by atoms with van der Waals surface area (Å²) in [6.07, 6.45) is 0. The third kappa shape index (κ3) is 3.65. The minimum atomic E-state index is -0.293. The van der Waals surface area contributed by atoms with Gasteiger partial charge in [-0.1, -0.05) is 18.2 Å². The maximum atomic E-state index is 11.7. The van der Waals surface area contributed by atoms with Crippen LogP contribution in [-0.2, 0) is 17.8 Å². The number of hydrogen-bond donors (Lipinski definition) is 0. The number of thiazole rings is 1. The van der Waals surface area contributed by atoms with E-state index in [-0.39, 0.29) is 5.97 Å². The number of carbonyl (C=O) groups is 1. The molecule has 0 fully saturated rings. The maximum Gasteiger partial charge on any atom is 0.338 e. The second-order valence-electron chi connectivity index (χ2n) is 4.68. The highest BCUT2D eigenvalue weighted by Gasteiger charge is 2.13. The molecule has 1 heterocycles. The summed E-state index contributed by atoms with van der Waals surface area (Å²) >= 11 is 1.65. The Kier molecular flexibility index (Phi) is 4.87. The SMILES string of the molecule is COC(=O)c1ccccc1CN(C)Cc1csc(C)n1. The first-order valence-corrected chi connectivity index (χ1v) is 7.24. The van der Waals surface area contributed by atoms with Crippen LogP contribution in [0.4, 0.5) is 0 Å². The lowest BCUT2D eigenvalue weighted by Crippen LogP contribution is -2.19. The standard InChI is InChI=1S/C15H18N2O2S/c1-11-16-13(10-20-11)9-17(2)8-12-6-4-5-7-14(12)15(18)19-3/h4-7,10H,8-9H2,1-3H3. The molecule has 0 atom stereocenters. The number of ether oxygens (including phenoxy) is 1. The summed E-state index contributed by atoms with van der Waals surface area (Å²) in [6.45, 7) is 3.45. The predicted octanol–water partition coefficient (Wildman–Crippen LogP) is 2.87. The van der Waals surface area contributed by atoms with E-state index in [4.69, 9.17) is 4.74 Å². The molecule has 1 aromatic heterocycles. The van der Waals surface area contributed by atoms with Crippen LogP contribution in [-0.4, -0.2) is 30.0 Å². The normalized spacial score (nSPS) is 10.8. The van der Waals surface area contributed by atoms with E-state index < -0.39 is 0 Å². The van der Waals surface area contributed by atoms with Gasteiger partial charge in [0.2, 0.25) is 0 Å². The molecule has 2 aromatic rings. The zero-order valence-corrected chi connectivity index (χ0v) is 12.7. The molecule has 2 rings (SSSR count). The Hall–Kier alpha value is -1.72. The van der Waals surface area contributed by atoms with Crippen molar-refractivity contribution in [3.63, 3.8) is 0 Å². The van der Waals surface area contributed by atoms with Crippen LogP contribution in [0.5, 0.6) is 0 Å². The van der Waals surface area contributed by atoms with Crippen LogP contribution in [0.3, 0.4) is 0 Å². The Morgan fingerprint density at radius 1 is 1.35 bits per heavy atom. The molecule has 0 aliphatic carbocycles. The van der Waals surface area contributed by atoms with Crippen LogP contribution in [0.2, 0.25) is 0 Å². The fourth-order valence-electron chi connectivity index (χ4n) is 2.07. The highest BCUT2D eigenvalue weighted by Crippen LogP contribution is 2.15. The minimum absolute atomic E-state index is 0.293. The summed E-state index contributed by atoms with van der Waals surface area (Å²) < 4.78 is 4.81. The van der Waals surface area contributed by atoms with Gasteiger partial charge in [-0.25, -0.2) is 9.78 Å². The first kappa shape index (κ1) is 14.7. The topological polar surface area (TPSA) is 42.4 Å². The van der Waals surface area contributed by atoms with E-state index in [1.54, 1.807) is 17.4 Å². The van der Waals surface area contributed by atoms with Gasteiger partial charge in [0.05, 0.1) is 23.4 Å². The first-order valence-electron chi connectivity index (χ1n) is 6.36. The van der Waals surface area contributed by atoms with E-state index in [9.17, 15) is 4.79 Å². The molecule has 0 N–H and O–H groups in total. The number of aryl methyl sites for hydroxylation is 1. The molecule has 1 aromatic carbocycles. The monoisotopic (exact) mass is 290 g/mol. The van der Waals surface area contributed by atoms with Crippen molar-refractivity contribution < 1.29 is 9.53 Å². The molecule has 0 unspecified atom stereocenters. The number of benzene rings is 1. The van der Waals surface area contributed by atoms with Crippen molar-refractivity contribution in [2.45, 2.75) is 20.0 Å². The van der Waals surface area contributed by atoms with E-state index >= 15 is 0 Å². The van der Waals surface area contributed by atoms with Gasteiger partial charge < -0.3 is 4.74 Å². The minimum Gasteiger partial charge on any atom is -0.465 e. The number of hydrogen-bond acceptors (Lipinski definition) is 5. The molecule has 0 aliphatic heterocycles. The Bertz CT molecular complexity index is 595. The second-order valence-corrected chi connectivity index (χ2v) is 5.74. The average Bonchev–Trinajstić information content (AvgIpc) is 2.83. The van der Waals surface area contributed by atoms with Gasteiger partial charge in [-0.15, -0.1) is 11.3 Å². The molecule has 4 nitrogen and oxygen atoms in total. The lowest BCUT2D eigenvalue weighted by atomic mass is 10.1. The van der Waals surface area contributed by atoms with Crippen molar-refractivity contribution in [3.05, 3.63) is 51.5 Å². The Morgan fingerprint density at radius 2 is 2.10 bits per heavy atom. The quantitative estimate of drug-likeness (QED) is 0.794. The van der Waals surface area contributed by atoms with Crippen molar-refractivity contribution in [3.8, 4) is 0 Å². The van der Waals surface area contributed by atoms with Crippen LogP contribution in [0.25, 0.3) is 0 Å². The van der Waals surface area contributed by atoms with Gasteiger partial charge in [0.1, 0.15) is 0 Å². The number of carbonyl (C=O) groups excluding carboxylic acids is 1. The number of rotatable bonds is 5. The molecular formula is C15H18N2O2S. The largest absolute Gasteiger partial charge is 0.465 e. The summed E-state index contributed by atoms with van der Waals surface area (Å²) in [6, 6.07) is 7.53. The van der Waals surface area contributed by atoms with E-state index in [1.165, 1.54) is 7.11 Å². The van der Waals surface area contributed by atoms with E-state index in [0.717, 1.165) is 22.8 Å². The van der Waals surface area contributed by atoms with Gasteiger partial charge in [-0.3, -0.25) is 4.90 Å². The van der Waals surface area contributed by atoms with E-state index in [1.807, 2.05) is 32.2 Å². The lowest BCUT2D eigenvalue weighted by Gasteiger charge is -2.17. The van der Waals surface area contributed by atoms with Crippen molar-refractivity contribution >= 4 is 17.3 Å². The Balaban J connectivity index is 2.07. The van der Waals surface area contributed by atoms with Gasteiger partial charge in [0.25, 0.3) is 0 Å². The zero-order chi connectivity index (χ0) is 14.5. The molecule has 106 valence electrons. The molecule has 20 heavy (non-hydrogen) atoms. The number of esters is 1. The van der Waals surface area contributed by atoms with Gasteiger partial charge in [0.15, 0.2) is 0 Å². The van der Waals surface area contributed by atoms with Crippen LogP contribution < -0.4 is 0 Å². The van der Waals surface area contributed by atoms with Crippen LogP contribution in [0.1, 0.15) is 26.6 Å². The van der Waals surface area contributed by atoms with Crippen LogP contribution in [0, 0.1) is 6.92 Å². The molecule has 0 saturated heterocycles. The molecule has 0 amide bonds. The smallest absolute Gasteiger partial charge is 0.338 e. The fraction of sp³-hybridized carbons (Fsp3) is 0.333. The molecule has 0 aliphatic rings. The van der Waals surface area contributed by atoms with Gasteiger partial charge in [-0.05, 0) is 25.6 Å². The highest BCUT2D eigenvalue weighted by molar-refractivity contribution is 7.09. The number of aromatic nitrogens is 1. The van der Waals surface area contributed by atoms with Gasteiger partial charge in [0, 0.05) is 18.5 Å². The van der Waals surface area contributed by atoms with Crippen molar-refractivity contribution in [2.75, 3.05) is 14.2 Å². The summed E-state index contributed by atoms with van der Waals surface area (Å²) in [7, 11) is 3.42. The Morgan fingerprint density at radius 3 is 2.75 bits per heavy atom. The average molecular weight is 290 g/mol. The van der Waals surface area contributed by atoms with Crippen molar-refractivity contribution in [1.82, 2.24) is 9.88 Å². The zero-order valence-electron chi connectivity index (χ0n) is 11.9. The van der Waals surface area contributed by atoms with Crippen LogP contribution in [0.15, 0.2) is 29.6 Å². The van der Waals surface area contributed by atoms with Crippen molar-refractivity contribution in [2.24, 2.45) is 0 Å². The molecular weight excluding hydrogens is 272 g/mol. The van der Waals surface area contributed by atoms with E-state index in [2.05, 4.69) is 15.3 Å². The summed E-state index contributed by atoms with van der Waals surface area (Å²) in [5.74, 6) is -0.293. The Labute approximate surface area is 123 Å². The molecule has 0 saturated carbocycles. The molecule has 0 radical (unpaired) electrons. The molecule has 5 heteroatoms. The summed E-state index contributed by atoms with van der Waals surface area (Å²) in [4.78, 5) is 18.3. The number of nitrogens with zero attached hydrogens (tertiary/aromatic N) is 2. The third-order valence-electron chi connectivity index (χ3n) is 2.96. The summed E-state index contributed by atoms with van der Waals surface area (Å²) in [5.41, 5.74) is 2.65. The number of methoxy groups -OCH3 is 1. The second kappa shape index (κ2) is 6.63. The van der Waals surface area contributed by atoms with Crippen molar-refractivity contribution in [1.29, 1.82) is 0 Å². The molecule has 0 bridgehead atoms. The third-order valence-corrected chi connectivity index (χ3v) is 3.78. The predicted molar refractivity (Wildman–Crippen MR) is 79.8 cm³/mol. The maximum absolute atomic E-state index is 11.7.